The van der Waals surface area contributed by atoms with E-state index in [1.54, 1.807) is 12.1 Å². The number of nitrogens with zero attached hydrogens (tertiary/aromatic N) is 3. The summed E-state index contributed by atoms with van der Waals surface area (Å²) in [6.07, 6.45) is 1.26. The second kappa shape index (κ2) is 9.40. The average Bonchev–Trinajstić information content (AvgIpc) is 3.16. The van der Waals surface area contributed by atoms with Gasteiger partial charge in [-0.05, 0) is 75.1 Å². The number of hydrogen-bond acceptors (Lipinski definition) is 5. The van der Waals surface area contributed by atoms with Gasteiger partial charge in [0.1, 0.15) is 5.75 Å². The van der Waals surface area contributed by atoms with Gasteiger partial charge in [-0.1, -0.05) is 17.4 Å². The van der Waals surface area contributed by atoms with Gasteiger partial charge in [-0.2, -0.15) is 9.30 Å². The van der Waals surface area contributed by atoms with Gasteiger partial charge in [-0.25, -0.2) is 8.42 Å². The molecule has 0 aliphatic carbocycles. The van der Waals surface area contributed by atoms with Gasteiger partial charge in [0.05, 0.1) is 28.1 Å². The molecule has 1 unspecified atom stereocenters. The number of fused-ring (bicyclic) bond motifs is 1. The summed E-state index contributed by atoms with van der Waals surface area (Å²) in [4.78, 5) is 18.5. The van der Waals surface area contributed by atoms with Gasteiger partial charge >= 0.3 is 0 Å². The Hall–Kier alpha value is -2.49. The monoisotopic (exact) mass is 487 g/mol. The molecule has 7 nitrogen and oxygen atoms in total. The summed E-state index contributed by atoms with van der Waals surface area (Å²) in [6, 6.07) is 10.6. The predicted molar refractivity (Wildman–Crippen MR) is 130 cm³/mol. The maximum absolute atomic E-state index is 13.1. The molecule has 1 fully saturated rings. The van der Waals surface area contributed by atoms with Gasteiger partial charge in [-0.3, -0.25) is 4.79 Å². The van der Waals surface area contributed by atoms with E-state index in [0.717, 1.165) is 10.2 Å². The number of rotatable bonds is 5. The van der Waals surface area contributed by atoms with E-state index in [-0.39, 0.29) is 17.3 Å². The van der Waals surface area contributed by atoms with Gasteiger partial charge in [0.15, 0.2) is 4.80 Å². The first kappa shape index (κ1) is 23.7. The summed E-state index contributed by atoms with van der Waals surface area (Å²) in [5, 5.41) is 0. The number of aryl methyl sites for hydroxylation is 3. The van der Waals surface area contributed by atoms with Gasteiger partial charge in [-0.15, -0.1) is 0 Å². The Bertz CT molecular complexity index is 1350. The predicted octanol–water partition coefficient (Wildman–Crippen LogP) is 3.88. The summed E-state index contributed by atoms with van der Waals surface area (Å²) >= 11 is 1.51. The van der Waals surface area contributed by atoms with Crippen LogP contribution in [0.5, 0.6) is 5.75 Å². The van der Waals surface area contributed by atoms with Gasteiger partial charge in [0, 0.05) is 19.6 Å². The highest BCUT2D eigenvalue weighted by molar-refractivity contribution is 7.89. The van der Waals surface area contributed by atoms with Gasteiger partial charge in [0.2, 0.25) is 10.0 Å². The molecule has 0 saturated carbocycles. The Balaban J connectivity index is 1.62. The molecular formula is C24H29N3O4S2. The fourth-order valence-electron chi connectivity index (χ4n) is 4.35. The number of aromatic nitrogens is 1. The van der Waals surface area contributed by atoms with E-state index >= 15 is 0 Å². The van der Waals surface area contributed by atoms with E-state index in [1.807, 2.05) is 6.92 Å². The van der Waals surface area contributed by atoms with Crippen LogP contribution in [0, 0.1) is 19.8 Å². The molecule has 1 saturated heterocycles. The minimum Gasteiger partial charge on any atom is -0.497 e. The lowest BCUT2D eigenvalue weighted by Gasteiger charge is -2.30. The zero-order valence-corrected chi connectivity index (χ0v) is 21.0. The highest BCUT2D eigenvalue weighted by Gasteiger charge is 2.33. The van der Waals surface area contributed by atoms with Crippen molar-refractivity contribution >= 4 is 37.5 Å². The molecule has 0 spiro atoms. The Kier molecular flexibility index (Phi) is 6.74. The Morgan fingerprint density at radius 1 is 1.21 bits per heavy atom. The molecule has 0 bridgehead atoms. The zero-order valence-electron chi connectivity index (χ0n) is 19.4. The fourth-order valence-corrected chi connectivity index (χ4v) is 7.02. The third kappa shape index (κ3) is 4.62. The average molecular weight is 488 g/mol. The standard InChI is InChI=1S/C24H29N3O4S2/c1-5-27-21-14-16(2)13-17(3)22(21)32-24(27)25-23(28)18-7-6-12-26(15-18)33(29,30)20-10-8-19(31-4)9-11-20/h8-11,13-14,18H,5-7,12,15H2,1-4H3. The number of thiazole rings is 1. The summed E-state index contributed by atoms with van der Waals surface area (Å²) in [5.74, 6) is -0.115. The van der Waals surface area contributed by atoms with Gasteiger partial charge in [0.25, 0.3) is 5.91 Å². The van der Waals surface area contributed by atoms with Crippen LogP contribution in [-0.2, 0) is 21.4 Å². The third-order valence-electron chi connectivity index (χ3n) is 6.07. The Morgan fingerprint density at radius 2 is 1.94 bits per heavy atom. The molecule has 1 aliphatic heterocycles. The van der Waals surface area contributed by atoms with Gasteiger partial charge < -0.3 is 9.30 Å². The molecule has 1 aromatic heterocycles. The van der Waals surface area contributed by atoms with Crippen LogP contribution in [0.2, 0.25) is 0 Å². The number of methoxy groups -OCH3 is 1. The van der Waals surface area contributed by atoms with Crippen molar-refractivity contribution in [2.75, 3.05) is 20.2 Å². The van der Waals surface area contributed by atoms with Crippen molar-refractivity contribution in [1.82, 2.24) is 8.87 Å². The highest BCUT2D eigenvalue weighted by atomic mass is 32.2. The maximum Gasteiger partial charge on any atom is 0.252 e. The van der Waals surface area contributed by atoms with Crippen LogP contribution in [0.3, 0.4) is 0 Å². The van der Waals surface area contributed by atoms with E-state index in [2.05, 4.69) is 35.5 Å². The summed E-state index contributed by atoms with van der Waals surface area (Å²) in [7, 11) is -2.15. The lowest BCUT2D eigenvalue weighted by atomic mass is 9.99. The molecule has 1 atom stereocenters. The number of amides is 1. The normalized spacial score (nSPS) is 18.1. The first-order valence-corrected chi connectivity index (χ1v) is 13.3. The van der Waals surface area contributed by atoms with Crippen LogP contribution in [0.25, 0.3) is 10.2 Å². The van der Waals surface area contributed by atoms with E-state index < -0.39 is 15.9 Å². The molecule has 2 aromatic carbocycles. The minimum absolute atomic E-state index is 0.145. The molecule has 176 valence electrons. The van der Waals surface area contributed by atoms with E-state index in [9.17, 15) is 13.2 Å². The van der Waals surface area contributed by atoms with Crippen LogP contribution < -0.4 is 9.54 Å². The van der Waals surface area contributed by atoms with Crippen LogP contribution in [0.4, 0.5) is 0 Å². The molecular weight excluding hydrogens is 458 g/mol. The Morgan fingerprint density at radius 3 is 2.61 bits per heavy atom. The molecule has 1 amide bonds. The number of piperidine rings is 1. The van der Waals surface area contributed by atoms with Crippen molar-refractivity contribution in [3.63, 3.8) is 0 Å². The van der Waals surface area contributed by atoms with Crippen molar-refractivity contribution in [2.45, 2.75) is 45.1 Å². The van der Waals surface area contributed by atoms with Crippen LogP contribution in [0.1, 0.15) is 30.9 Å². The number of carbonyl (C=O) groups excluding carboxylic acids is 1. The van der Waals surface area contributed by atoms with E-state index in [0.29, 0.717) is 36.5 Å². The quantitative estimate of drug-likeness (QED) is 0.547. The summed E-state index contributed by atoms with van der Waals surface area (Å²) in [5.41, 5.74) is 3.42. The van der Waals surface area contributed by atoms with Crippen molar-refractivity contribution in [1.29, 1.82) is 0 Å². The number of benzene rings is 2. The molecule has 2 heterocycles. The lowest BCUT2D eigenvalue weighted by Crippen LogP contribution is -2.42. The zero-order chi connectivity index (χ0) is 23.8. The first-order chi connectivity index (χ1) is 15.7. The molecule has 4 rings (SSSR count). The Labute approximate surface area is 198 Å². The van der Waals surface area contributed by atoms with Crippen molar-refractivity contribution in [2.24, 2.45) is 10.9 Å². The third-order valence-corrected chi connectivity index (χ3v) is 9.18. The largest absolute Gasteiger partial charge is 0.497 e. The number of ether oxygens (including phenoxy) is 1. The SMILES string of the molecule is CCn1c(=NC(=O)C2CCCN(S(=O)(=O)c3ccc(OC)cc3)C2)sc2c(C)cc(C)cc21. The number of hydrogen-bond donors (Lipinski definition) is 0. The number of carbonyl (C=O) groups is 1. The first-order valence-electron chi connectivity index (χ1n) is 11.1. The maximum atomic E-state index is 13.1. The molecule has 9 heteroatoms. The van der Waals surface area contributed by atoms with Crippen LogP contribution >= 0.6 is 11.3 Å². The summed E-state index contributed by atoms with van der Waals surface area (Å²) in [6.45, 7) is 7.42. The molecule has 1 aliphatic rings. The smallest absolute Gasteiger partial charge is 0.252 e. The lowest BCUT2D eigenvalue weighted by molar-refractivity contribution is -0.122. The molecule has 33 heavy (non-hydrogen) atoms. The van der Waals surface area contributed by atoms with Crippen molar-refractivity contribution in [3.05, 3.63) is 52.3 Å². The number of sulfonamides is 1. The molecule has 0 N–H and O–H groups in total. The van der Waals surface area contributed by atoms with Crippen LogP contribution in [0.15, 0.2) is 46.3 Å². The summed E-state index contributed by atoms with van der Waals surface area (Å²) < 4.78 is 36.0. The molecule has 0 radical (unpaired) electrons. The second-order valence-corrected chi connectivity index (χ2v) is 11.3. The molecule has 3 aromatic rings. The van der Waals surface area contributed by atoms with Crippen molar-refractivity contribution in [3.8, 4) is 5.75 Å². The minimum atomic E-state index is -3.69. The topological polar surface area (TPSA) is 81.0 Å². The van der Waals surface area contributed by atoms with Crippen LogP contribution in [-0.4, -0.2) is 43.4 Å². The van der Waals surface area contributed by atoms with E-state index in [1.165, 1.54) is 46.0 Å². The highest BCUT2D eigenvalue weighted by Crippen LogP contribution is 2.27. The second-order valence-electron chi connectivity index (χ2n) is 8.39. The fraction of sp³-hybridized carbons (Fsp3) is 0.417. The van der Waals surface area contributed by atoms with E-state index in [4.69, 9.17) is 4.74 Å². The van der Waals surface area contributed by atoms with Crippen molar-refractivity contribution < 1.29 is 17.9 Å².